The Morgan fingerprint density at radius 3 is 3.07 bits per heavy atom. The van der Waals surface area contributed by atoms with Crippen molar-refractivity contribution in [3.63, 3.8) is 0 Å². The number of ether oxygens (including phenoxy) is 1. The molecule has 1 aliphatic rings. The molecule has 2 rings (SSSR count). The number of hydrogen-bond acceptors (Lipinski definition) is 3. The number of hydrogen-bond donors (Lipinski definition) is 1. The van der Waals surface area contributed by atoms with Crippen LogP contribution >= 0.6 is 23.7 Å². The third-order valence-electron chi connectivity index (χ3n) is 2.24. The van der Waals surface area contributed by atoms with Crippen LogP contribution in [0.4, 0.5) is 0 Å². The fraction of sp³-hybridized carbons (Fsp3) is 0.600. The second kappa shape index (κ2) is 5.71. The molecule has 80 valence electrons. The normalized spacial score (nSPS) is 26.9. The van der Waals surface area contributed by atoms with Crippen molar-refractivity contribution in [3.05, 3.63) is 22.4 Å². The van der Waals surface area contributed by atoms with Gasteiger partial charge in [0.15, 0.2) is 0 Å². The van der Waals surface area contributed by atoms with E-state index >= 15 is 0 Å². The van der Waals surface area contributed by atoms with Crippen LogP contribution in [0.5, 0.6) is 0 Å². The van der Waals surface area contributed by atoms with E-state index in [4.69, 9.17) is 4.74 Å². The quantitative estimate of drug-likeness (QED) is 0.847. The zero-order valence-electron chi connectivity index (χ0n) is 8.23. The summed E-state index contributed by atoms with van der Waals surface area (Å²) in [4.78, 5) is 1.40. The van der Waals surface area contributed by atoms with E-state index in [1.807, 2.05) is 0 Å². The van der Waals surface area contributed by atoms with Crippen molar-refractivity contribution in [2.45, 2.75) is 19.6 Å². The molecule has 14 heavy (non-hydrogen) atoms. The standard InChI is InChI=1S/C10H15NOS.ClH/c1-8-6-11-10(12-7-8)5-9-3-2-4-13-9;/h2-4,8,10-11H,5-7H2,1H3;1H. The minimum atomic E-state index is 0. The fourth-order valence-corrected chi connectivity index (χ4v) is 2.21. The Hall–Kier alpha value is -0.0900. The number of halogens is 1. The highest BCUT2D eigenvalue weighted by Gasteiger charge is 2.17. The van der Waals surface area contributed by atoms with Gasteiger partial charge >= 0.3 is 0 Å². The van der Waals surface area contributed by atoms with Gasteiger partial charge in [-0.15, -0.1) is 23.7 Å². The smallest absolute Gasteiger partial charge is 0.113 e. The highest BCUT2D eigenvalue weighted by atomic mass is 35.5. The van der Waals surface area contributed by atoms with Crippen LogP contribution in [-0.2, 0) is 11.2 Å². The topological polar surface area (TPSA) is 21.3 Å². The van der Waals surface area contributed by atoms with Crippen molar-refractivity contribution in [1.82, 2.24) is 5.32 Å². The summed E-state index contributed by atoms with van der Waals surface area (Å²) in [6.45, 7) is 4.17. The van der Waals surface area contributed by atoms with Gasteiger partial charge in [-0.1, -0.05) is 13.0 Å². The SMILES string of the molecule is CC1CNC(Cc2cccs2)OC1.Cl. The first-order valence-electron chi connectivity index (χ1n) is 4.72. The van der Waals surface area contributed by atoms with Gasteiger partial charge in [0.05, 0.1) is 6.61 Å². The van der Waals surface area contributed by atoms with E-state index in [0.29, 0.717) is 5.92 Å². The van der Waals surface area contributed by atoms with Gasteiger partial charge in [0.1, 0.15) is 6.23 Å². The highest BCUT2D eigenvalue weighted by Crippen LogP contribution is 2.14. The molecule has 0 radical (unpaired) electrons. The lowest BCUT2D eigenvalue weighted by Gasteiger charge is -2.27. The summed E-state index contributed by atoms with van der Waals surface area (Å²) in [5.74, 6) is 0.652. The largest absolute Gasteiger partial charge is 0.363 e. The molecule has 2 atom stereocenters. The van der Waals surface area contributed by atoms with E-state index in [0.717, 1.165) is 19.6 Å². The Labute approximate surface area is 95.1 Å². The summed E-state index contributed by atoms with van der Waals surface area (Å²) in [5, 5.41) is 5.50. The van der Waals surface area contributed by atoms with E-state index in [9.17, 15) is 0 Å². The van der Waals surface area contributed by atoms with Crippen LogP contribution in [-0.4, -0.2) is 19.4 Å². The number of nitrogens with one attached hydrogen (secondary N) is 1. The van der Waals surface area contributed by atoms with Crippen molar-refractivity contribution in [1.29, 1.82) is 0 Å². The molecule has 1 aliphatic heterocycles. The van der Waals surface area contributed by atoms with E-state index in [-0.39, 0.29) is 18.6 Å². The molecule has 0 aromatic carbocycles. The summed E-state index contributed by atoms with van der Waals surface area (Å²) in [6.07, 6.45) is 1.24. The molecule has 1 aromatic heterocycles. The molecule has 1 fully saturated rings. The molecule has 4 heteroatoms. The van der Waals surface area contributed by atoms with E-state index in [1.54, 1.807) is 11.3 Å². The van der Waals surface area contributed by atoms with Crippen LogP contribution in [0.25, 0.3) is 0 Å². The number of thiophene rings is 1. The van der Waals surface area contributed by atoms with Crippen molar-refractivity contribution in [2.24, 2.45) is 5.92 Å². The highest BCUT2D eigenvalue weighted by molar-refractivity contribution is 7.09. The molecule has 2 nitrogen and oxygen atoms in total. The molecule has 0 bridgehead atoms. The first-order chi connectivity index (χ1) is 6.34. The Bertz CT molecular complexity index is 245. The second-order valence-corrected chi connectivity index (χ2v) is 4.65. The summed E-state index contributed by atoms with van der Waals surface area (Å²) in [7, 11) is 0. The van der Waals surface area contributed by atoms with Crippen molar-refractivity contribution < 1.29 is 4.74 Å². The van der Waals surface area contributed by atoms with E-state index in [1.165, 1.54) is 4.88 Å². The average Bonchev–Trinajstić information content (AvgIpc) is 2.62. The molecule has 2 unspecified atom stereocenters. The predicted molar refractivity (Wildman–Crippen MR) is 62.2 cm³/mol. The van der Waals surface area contributed by atoms with Crippen LogP contribution < -0.4 is 5.32 Å². The minimum absolute atomic E-state index is 0. The van der Waals surface area contributed by atoms with Crippen LogP contribution in [0.2, 0.25) is 0 Å². The summed E-state index contributed by atoms with van der Waals surface area (Å²) in [5.41, 5.74) is 0. The maximum Gasteiger partial charge on any atom is 0.113 e. The Kier molecular flexibility index (Phi) is 4.89. The lowest BCUT2D eigenvalue weighted by Crippen LogP contribution is -2.43. The third kappa shape index (κ3) is 3.24. The van der Waals surface area contributed by atoms with Gasteiger partial charge in [0.2, 0.25) is 0 Å². The van der Waals surface area contributed by atoms with E-state index < -0.39 is 0 Å². The molecule has 2 heterocycles. The Morgan fingerprint density at radius 1 is 1.64 bits per heavy atom. The molecule has 1 N–H and O–H groups in total. The van der Waals surface area contributed by atoms with Crippen LogP contribution in [0.3, 0.4) is 0 Å². The van der Waals surface area contributed by atoms with Crippen molar-refractivity contribution in [3.8, 4) is 0 Å². The molecule has 0 aliphatic carbocycles. The molecular formula is C10H16ClNOS. The molecule has 0 amide bonds. The zero-order valence-corrected chi connectivity index (χ0v) is 9.87. The predicted octanol–water partition coefficient (Wildman–Crippen LogP) is 2.29. The lowest BCUT2D eigenvalue weighted by molar-refractivity contribution is -0.0224. The molecule has 1 saturated heterocycles. The van der Waals surface area contributed by atoms with Crippen LogP contribution in [0.1, 0.15) is 11.8 Å². The maximum absolute atomic E-state index is 5.66. The zero-order chi connectivity index (χ0) is 9.10. The Balaban J connectivity index is 0.000000980. The van der Waals surface area contributed by atoms with Crippen LogP contribution in [0, 0.1) is 5.92 Å². The molecule has 1 aromatic rings. The van der Waals surface area contributed by atoms with Gasteiger partial charge in [-0.25, -0.2) is 0 Å². The minimum Gasteiger partial charge on any atom is -0.363 e. The van der Waals surface area contributed by atoms with Gasteiger partial charge in [-0.2, -0.15) is 0 Å². The molecule has 0 saturated carbocycles. The van der Waals surface area contributed by atoms with Gasteiger partial charge in [-0.05, 0) is 17.4 Å². The number of rotatable bonds is 2. The molecule has 0 spiro atoms. The average molecular weight is 234 g/mol. The summed E-state index contributed by atoms with van der Waals surface area (Å²) < 4.78 is 5.66. The van der Waals surface area contributed by atoms with Crippen molar-refractivity contribution in [2.75, 3.05) is 13.2 Å². The maximum atomic E-state index is 5.66. The summed E-state index contributed by atoms with van der Waals surface area (Å²) in [6, 6.07) is 4.25. The van der Waals surface area contributed by atoms with E-state index in [2.05, 4.69) is 29.8 Å². The van der Waals surface area contributed by atoms with Gasteiger partial charge < -0.3 is 4.74 Å². The first-order valence-corrected chi connectivity index (χ1v) is 5.60. The molecular weight excluding hydrogens is 218 g/mol. The first kappa shape index (κ1) is 12.0. The second-order valence-electron chi connectivity index (χ2n) is 3.62. The lowest BCUT2D eigenvalue weighted by atomic mass is 10.1. The monoisotopic (exact) mass is 233 g/mol. The van der Waals surface area contributed by atoms with Crippen molar-refractivity contribution >= 4 is 23.7 Å². The van der Waals surface area contributed by atoms with Gasteiger partial charge in [0, 0.05) is 17.8 Å². The third-order valence-corrected chi connectivity index (χ3v) is 3.14. The summed E-state index contributed by atoms with van der Waals surface area (Å²) >= 11 is 1.80. The Morgan fingerprint density at radius 2 is 2.50 bits per heavy atom. The van der Waals surface area contributed by atoms with Gasteiger partial charge in [0.25, 0.3) is 0 Å². The fourth-order valence-electron chi connectivity index (χ4n) is 1.47. The van der Waals surface area contributed by atoms with Gasteiger partial charge in [-0.3, -0.25) is 5.32 Å². The van der Waals surface area contributed by atoms with Crippen LogP contribution in [0.15, 0.2) is 17.5 Å².